The summed E-state index contributed by atoms with van der Waals surface area (Å²) >= 11 is 6.65. The Labute approximate surface area is 99.6 Å². The van der Waals surface area contributed by atoms with Crippen molar-refractivity contribution in [3.05, 3.63) is 0 Å². The van der Waals surface area contributed by atoms with Crippen molar-refractivity contribution in [2.45, 2.75) is 58.2 Å². The van der Waals surface area contributed by atoms with Crippen LogP contribution in [0.4, 0.5) is 0 Å². The molecule has 0 saturated carbocycles. The SMILES string of the molecule is CCC[Si](Cl)(C(C)C)C(C)C.N#CC#N. The lowest BCUT2D eigenvalue weighted by atomic mass is 10.5. The molecule has 86 valence electrons. The fourth-order valence-corrected chi connectivity index (χ4v) is 5.45. The van der Waals surface area contributed by atoms with Gasteiger partial charge in [0.05, 0.1) is 0 Å². The molecule has 2 nitrogen and oxygen atoms in total. The van der Waals surface area contributed by atoms with Crippen LogP contribution in [-0.2, 0) is 0 Å². The Morgan fingerprint density at radius 3 is 1.47 bits per heavy atom. The fourth-order valence-electron chi connectivity index (χ4n) is 1.63. The summed E-state index contributed by atoms with van der Waals surface area (Å²) in [5.41, 5.74) is 1.42. The van der Waals surface area contributed by atoms with Crippen molar-refractivity contribution in [3.63, 3.8) is 0 Å². The molecule has 0 bridgehead atoms. The summed E-state index contributed by atoms with van der Waals surface area (Å²) in [5, 5.41) is 14.5. The fraction of sp³-hybridized carbons (Fsp3) is 0.818. The second kappa shape index (κ2) is 8.77. The van der Waals surface area contributed by atoms with Crippen LogP contribution >= 0.6 is 11.1 Å². The molecule has 0 spiro atoms. The van der Waals surface area contributed by atoms with Gasteiger partial charge in [-0.25, -0.2) is 0 Å². The van der Waals surface area contributed by atoms with Crippen LogP contribution in [0.3, 0.4) is 0 Å². The van der Waals surface area contributed by atoms with Gasteiger partial charge in [0.2, 0.25) is 0 Å². The molecule has 0 aliphatic rings. The summed E-state index contributed by atoms with van der Waals surface area (Å²) in [5.74, 6) is 0. The smallest absolute Gasteiger partial charge is 0.181 e. The van der Waals surface area contributed by atoms with E-state index in [0.29, 0.717) is 11.1 Å². The maximum atomic E-state index is 7.26. The van der Waals surface area contributed by atoms with Gasteiger partial charge in [-0.05, 0) is 17.1 Å². The topological polar surface area (TPSA) is 47.6 Å². The van der Waals surface area contributed by atoms with Crippen LogP contribution in [0.15, 0.2) is 0 Å². The largest absolute Gasteiger partial charge is 0.181 e. The standard InChI is InChI=1S/C9H21ClSi.C2N2/c1-6-7-11(10,8(2)3)9(4)5;3-1-2-4/h8-9H,6-7H2,1-5H3;. The molecular weight excluding hydrogens is 224 g/mol. The van der Waals surface area contributed by atoms with E-state index in [-0.39, 0.29) is 0 Å². The third kappa shape index (κ3) is 6.55. The first-order valence-corrected chi connectivity index (χ1v) is 8.71. The lowest BCUT2D eigenvalue weighted by Gasteiger charge is -2.32. The van der Waals surface area contributed by atoms with E-state index in [0.717, 1.165) is 0 Å². The molecule has 0 amide bonds. The van der Waals surface area contributed by atoms with Crippen molar-refractivity contribution in [2.75, 3.05) is 0 Å². The van der Waals surface area contributed by atoms with Crippen LogP contribution < -0.4 is 0 Å². The van der Waals surface area contributed by atoms with E-state index in [9.17, 15) is 0 Å². The van der Waals surface area contributed by atoms with E-state index in [4.69, 9.17) is 21.6 Å². The van der Waals surface area contributed by atoms with Gasteiger partial charge in [0.1, 0.15) is 0 Å². The third-order valence-corrected chi connectivity index (χ3v) is 10.9. The Morgan fingerprint density at radius 2 is 1.40 bits per heavy atom. The first kappa shape index (κ1) is 16.9. The van der Waals surface area contributed by atoms with Gasteiger partial charge in [-0.1, -0.05) is 41.0 Å². The molecule has 0 radical (unpaired) electrons. The number of rotatable bonds is 4. The van der Waals surface area contributed by atoms with Gasteiger partial charge in [-0.2, -0.15) is 21.6 Å². The Morgan fingerprint density at radius 1 is 1.07 bits per heavy atom. The van der Waals surface area contributed by atoms with Gasteiger partial charge in [-0.15, -0.1) is 0 Å². The molecule has 0 saturated heterocycles. The second-order valence-corrected chi connectivity index (χ2v) is 11.0. The molecule has 0 aromatic carbocycles. The molecule has 0 heterocycles. The highest BCUT2D eigenvalue weighted by Gasteiger charge is 2.36. The van der Waals surface area contributed by atoms with Crippen LogP contribution in [0.1, 0.15) is 41.0 Å². The Kier molecular flexibility index (Phi) is 9.88. The molecule has 0 aliphatic carbocycles. The summed E-state index contributed by atoms with van der Waals surface area (Å²) in [4.78, 5) is 0. The van der Waals surface area contributed by atoms with E-state index >= 15 is 0 Å². The predicted octanol–water partition coefficient (Wildman–Crippen LogP) is 4.43. The molecule has 0 N–H and O–H groups in total. The van der Waals surface area contributed by atoms with Gasteiger partial charge >= 0.3 is 0 Å². The molecule has 15 heavy (non-hydrogen) atoms. The van der Waals surface area contributed by atoms with Crippen LogP contribution in [0.25, 0.3) is 0 Å². The summed E-state index contributed by atoms with van der Waals surface area (Å²) in [6.07, 6.45) is 1.24. The minimum absolute atomic E-state index is 0.712. The zero-order valence-electron chi connectivity index (χ0n) is 10.3. The Hall–Kier alpha value is -0.513. The number of hydrogen-bond donors (Lipinski definition) is 0. The highest BCUT2D eigenvalue weighted by molar-refractivity contribution is 7.21. The number of halogens is 1. The monoisotopic (exact) mass is 244 g/mol. The number of nitrogens with zero attached hydrogens (tertiary/aromatic N) is 2. The van der Waals surface area contributed by atoms with E-state index in [1.165, 1.54) is 24.6 Å². The van der Waals surface area contributed by atoms with E-state index in [1.807, 2.05) is 0 Å². The predicted molar refractivity (Wildman–Crippen MR) is 68.1 cm³/mol. The zero-order chi connectivity index (χ0) is 12.5. The van der Waals surface area contributed by atoms with Crippen molar-refractivity contribution in [3.8, 4) is 12.1 Å². The lowest BCUT2D eigenvalue weighted by molar-refractivity contribution is 0.882. The first-order valence-electron chi connectivity index (χ1n) is 5.33. The number of hydrogen-bond acceptors (Lipinski definition) is 2. The molecular formula is C11H21ClN2Si. The van der Waals surface area contributed by atoms with Crippen LogP contribution in [-0.4, -0.2) is 7.38 Å². The molecule has 0 rings (SSSR count). The maximum absolute atomic E-state index is 7.26. The third-order valence-electron chi connectivity index (χ3n) is 2.60. The van der Waals surface area contributed by atoms with Gasteiger partial charge in [0, 0.05) is 0 Å². The average Bonchev–Trinajstić information content (AvgIpc) is 2.18. The van der Waals surface area contributed by atoms with Crippen LogP contribution in [0, 0.1) is 22.7 Å². The van der Waals surface area contributed by atoms with Crippen LogP contribution in [0.2, 0.25) is 17.1 Å². The molecule has 0 fully saturated rings. The maximum Gasteiger partial charge on any atom is 0.181 e. The zero-order valence-corrected chi connectivity index (χ0v) is 12.1. The van der Waals surface area contributed by atoms with Gasteiger partial charge in [0.25, 0.3) is 0 Å². The minimum atomic E-state index is -1.43. The summed E-state index contributed by atoms with van der Waals surface area (Å²) in [6.45, 7) is 11.3. The first-order chi connectivity index (χ1) is 6.86. The molecule has 0 aromatic rings. The highest BCUT2D eigenvalue weighted by atomic mass is 35.6. The second-order valence-electron chi connectivity index (χ2n) is 4.21. The van der Waals surface area contributed by atoms with Crippen molar-refractivity contribution >= 4 is 18.5 Å². The van der Waals surface area contributed by atoms with E-state index in [1.54, 1.807) is 0 Å². The highest BCUT2D eigenvalue weighted by Crippen LogP contribution is 2.39. The Balaban J connectivity index is 0. The van der Waals surface area contributed by atoms with Crippen molar-refractivity contribution < 1.29 is 0 Å². The van der Waals surface area contributed by atoms with E-state index in [2.05, 4.69) is 34.6 Å². The number of nitriles is 2. The summed E-state index contributed by atoms with van der Waals surface area (Å²) in [6, 6.07) is 3.74. The molecule has 4 heteroatoms. The quantitative estimate of drug-likeness (QED) is 0.542. The van der Waals surface area contributed by atoms with Crippen molar-refractivity contribution in [1.82, 2.24) is 0 Å². The van der Waals surface area contributed by atoms with Gasteiger partial charge < -0.3 is 0 Å². The van der Waals surface area contributed by atoms with E-state index < -0.39 is 7.38 Å². The molecule has 0 aliphatic heterocycles. The normalized spacial score (nSPS) is 10.3. The summed E-state index contributed by atoms with van der Waals surface area (Å²) < 4.78 is 0. The molecule has 0 atom stereocenters. The molecule has 0 unspecified atom stereocenters. The summed E-state index contributed by atoms with van der Waals surface area (Å²) in [7, 11) is -1.43. The Bertz CT molecular complexity index is 218. The van der Waals surface area contributed by atoms with Crippen molar-refractivity contribution in [1.29, 1.82) is 10.5 Å². The lowest BCUT2D eigenvalue weighted by Crippen LogP contribution is -2.34. The van der Waals surface area contributed by atoms with Crippen molar-refractivity contribution in [2.24, 2.45) is 0 Å². The van der Waals surface area contributed by atoms with Gasteiger partial charge in [-0.3, -0.25) is 0 Å². The van der Waals surface area contributed by atoms with Gasteiger partial charge in [0.15, 0.2) is 19.5 Å². The van der Waals surface area contributed by atoms with Crippen LogP contribution in [0.5, 0.6) is 0 Å². The molecule has 0 aromatic heterocycles. The average molecular weight is 245 g/mol. The minimum Gasteiger partial charge on any atom is -0.181 e.